The highest BCUT2D eigenvalue weighted by Gasteiger charge is 2.17. The Hall–Kier alpha value is -2.62. The van der Waals surface area contributed by atoms with E-state index in [4.69, 9.17) is 9.47 Å². The van der Waals surface area contributed by atoms with Gasteiger partial charge in [0.2, 0.25) is 0 Å². The van der Waals surface area contributed by atoms with Crippen LogP contribution in [0.3, 0.4) is 0 Å². The first-order chi connectivity index (χ1) is 11.0. The molecule has 0 spiro atoms. The normalized spacial score (nSPS) is 13.0. The predicted molar refractivity (Wildman–Crippen MR) is 91.8 cm³/mol. The lowest BCUT2D eigenvalue weighted by Gasteiger charge is -2.22. The molecule has 120 valence electrons. The highest BCUT2D eigenvalue weighted by atomic mass is 16.5. The van der Waals surface area contributed by atoms with E-state index >= 15 is 0 Å². The van der Waals surface area contributed by atoms with Gasteiger partial charge >= 0.3 is 0 Å². The molecule has 2 aromatic rings. The van der Waals surface area contributed by atoms with Crippen molar-refractivity contribution in [1.82, 2.24) is 5.32 Å². The van der Waals surface area contributed by atoms with Gasteiger partial charge in [-0.1, -0.05) is 0 Å². The lowest BCUT2D eigenvalue weighted by atomic mass is 9.96. The summed E-state index contributed by atoms with van der Waals surface area (Å²) in [5.41, 5.74) is 6.03. The van der Waals surface area contributed by atoms with Gasteiger partial charge in [0, 0.05) is 23.9 Å². The number of fused-ring (bicyclic) bond motifs is 1. The van der Waals surface area contributed by atoms with Crippen LogP contribution in [0.4, 0.5) is 0 Å². The van der Waals surface area contributed by atoms with Crippen molar-refractivity contribution < 1.29 is 14.6 Å². The summed E-state index contributed by atoms with van der Waals surface area (Å²) in [6.45, 7) is 4.51. The lowest BCUT2D eigenvalue weighted by Crippen LogP contribution is -2.18. The summed E-state index contributed by atoms with van der Waals surface area (Å²) in [4.78, 5) is 0. The monoisotopic (exact) mass is 311 g/mol. The average molecular weight is 311 g/mol. The van der Waals surface area contributed by atoms with Crippen molar-refractivity contribution in [3.8, 4) is 17.2 Å². The van der Waals surface area contributed by atoms with Gasteiger partial charge in [0.25, 0.3) is 0 Å². The second-order valence-electron chi connectivity index (χ2n) is 5.77. The lowest BCUT2D eigenvalue weighted by molar-refractivity contribution is 0.390. The smallest absolute Gasteiger partial charge is 0.128 e. The van der Waals surface area contributed by atoms with Crippen molar-refractivity contribution in [2.45, 2.75) is 20.4 Å². The fraction of sp³-hybridized carbons (Fsp3) is 0.263. The number of nitrogens with one attached hydrogen (secondary N) is 1. The number of hydrogen-bond donors (Lipinski definition) is 2. The third kappa shape index (κ3) is 2.72. The molecule has 0 radical (unpaired) electrons. The zero-order chi connectivity index (χ0) is 16.6. The molecule has 0 atom stereocenters. The Morgan fingerprint density at radius 3 is 2.30 bits per heavy atom. The van der Waals surface area contributed by atoms with Gasteiger partial charge in [-0.15, -0.1) is 0 Å². The van der Waals surface area contributed by atoms with E-state index in [0.29, 0.717) is 12.3 Å². The van der Waals surface area contributed by atoms with Gasteiger partial charge < -0.3 is 19.9 Å². The molecule has 0 amide bonds. The average Bonchev–Trinajstić information content (AvgIpc) is 2.57. The van der Waals surface area contributed by atoms with E-state index in [1.165, 1.54) is 0 Å². The molecule has 2 aromatic carbocycles. The summed E-state index contributed by atoms with van der Waals surface area (Å²) in [7, 11) is 3.32. The maximum atomic E-state index is 9.95. The Labute approximate surface area is 136 Å². The molecule has 0 fully saturated rings. The van der Waals surface area contributed by atoms with Crippen LogP contribution >= 0.6 is 0 Å². The van der Waals surface area contributed by atoms with Crippen molar-refractivity contribution in [1.29, 1.82) is 0 Å². The van der Waals surface area contributed by atoms with Gasteiger partial charge in [-0.25, -0.2) is 0 Å². The second-order valence-corrected chi connectivity index (χ2v) is 5.77. The second kappa shape index (κ2) is 5.88. The van der Waals surface area contributed by atoms with Crippen molar-refractivity contribution in [2.75, 3.05) is 14.2 Å². The fourth-order valence-corrected chi connectivity index (χ4v) is 2.95. The van der Waals surface area contributed by atoms with Crippen LogP contribution in [0.25, 0.3) is 11.8 Å². The number of aryl methyl sites for hydroxylation is 2. The van der Waals surface area contributed by atoms with Crippen LogP contribution in [-0.2, 0) is 6.54 Å². The highest BCUT2D eigenvalue weighted by molar-refractivity contribution is 5.85. The van der Waals surface area contributed by atoms with Gasteiger partial charge in [-0.3, -0.25) is 0 Å². The van der Waals surface area contributed by atoms with Crippen molar-refractivity contribution in [3.63, 3.8) is 0 Å². The van der Waals surface area contributed by atoms with Gasteiger partial charge in [-0.2, -0.15) is 0 Å². The van der Waals surface area contributed by atoms with Crippen LogP contribution in [0, 0.1) is 13.8 Å². The molecule has 0 saturated carbocycles. The number of aromatic hydroxyl groups is 1. The van der Waals surface area contributed by atoms with E-state index in [-0.39, 0.29) is 0 Å². The summed E-state index contributed by atoms with van der Waals surface area (Å²) in [6.07, 6.45) is 2.09. The van der Waals surface area contributed by atoms with Crippen LogP contribution in [0.15, 0.2) is 24.3 Å². The number of phenolic OH excluding ortho intramolecular Hbond substituents is 1. The maximum Gasteiger partial charge on any atom is 0.128 e. The van der Waals surface area contributed by atoms with E-state index in [0.717, 1.165) is 45.0 Å². The molecule has 1 aliphatic heterocycles. The minimum absolute atomic E-state index is 0.355. The zero-order valence-corrected chi connectivity index (χ0v) is 13.9. The van der Waals surface area contributed by atoms with Gasteiger partial charge in [0.15, 0.2) is 0 Å². The SMILES string of the molecule is COc1cc2c(c(OC)c1)CNC(c1cc(C)c(O)c(C)c1)=C2. The Balaban J connectivity index is 2.10. The first-order valence-corrected chi connectivity index (χ1v) is 7.54. The fourth-order valence-electron chi connectivity index (χ4n) is 2.95. The molecular weight excluding hydrogens is 290 g/mol. The predicted octanol–water partition coefficient (Wildman–Crippen LogP) is 3.63. The molecule has 0 saturated heterocycles. The van der Waals surface area contributed by atoms with Crippen molar-refractivity contribution >= 4 is 11.8 Å². The molecule has 0 aliphatic carbocycles. The third-order valence-electron chi connectivity index (χ3n) is 4.23. The summed E-state index contributed by atoms with van der Waals surface area (Å²) >= 11 is 0. The van der Waals surface area contributed by atoms with E-state index in [2.05, 4.69) is 11.4 Å². The van der Waals surface area contributed by atoms with E-state index < -0.39 is 0 Å². The third-order valence-corrected chi connectivity index (χ3v) is 4.23. The van der Waals surface area contributed by atoms with Gasteiger partial charge in [0.05, 0.1) is 14.2 Å². The molecule has 2 N–H and O–H groups in total. The summed E-state index contributed by atoms with van der Waals surface area (Å²) in [5, 5.41) is 13.4. The first-order valence-electron chi connectivity index (χ1n) is 7.54. The molecule has 4 nitrogen and oxygen atoms in total. The number of methoxy groups -OCH3 is 2. The zero-order valence-electron chi connectivity index (χ0n) is 13.9. The Kier molecular flexibility index (Phi) is 3.90. The molecule has 1 aliphatic rings. The van der Waals surface area contributed by atoms with E-state index in [1.807, 2.05) is 38.1 Å². The Bertz CT molecular complexity index is 770. The van der Waals surface area contributed by atoms with E-state index in [1.54, 1.807) is 14.2 Å². The molecule has 0 bridgehead atoms. The number of hydrogen-bond acceptors (Lipinski definition) is 4. The quantitative estimate of drug-likeness (QED) is 0.909. The Morgan fingerprint density at radius 2 is 1.70 bits per heavy atom. The van der Waals surface area contributed by atoms with Crippen LogP contribution in [-0.4, -0.2) is 19.3 Å². The van der Waals surface area contributed by atoms with E-state index in [9.17, 15) is 5.11 Å². The molecule has 0 aromatic heterocycles. The van der Waals surface area contributed by atoms with Crippen LogP contribution in [0.5, 0.6) is 17.2 Å². The summed E-state index contributed by atoms with van der Waals surface area (Å²) in [6, 6.07) is 7.89. The van der Waals surface area contributed by atoms with Crippen LogP contribution in [0.2, 0.25) is 0 Å². The first kappa shape index (κ1) is 15.3. The molecule has 23 heavy (non-hydrogen) atoms. The minimum atomic E-state index is 0.355. The standard InChI is InChI=1S/C19H21NO3/c1-11-5-14(6-12(2)19(11)21)17-8-13-7-15(22-3)9-18(23-4)16(13)10-20-17/h5-9,20-21H,10H2,1-4H3. The summed E-state index contributed by atoms with van der Waals surface area (Å²) < 4.78 is 10.8. The maximum absolute atomic E-state index is 9.95. The highest BCUT2D eigenvalue weighted by Crippen LogP contribution is 2.35. The van der Waals surface area contributed by atoms with Gasteiger partial charge in [0.1, 0.15) is 17.2 Å². The minimum Gasteiger partial charge on any atom is -0.507 e. The van der Waals surface area contributed by atoms with Crippen LogP contribution in [0.1, 0.15) is 27.8 Å². The molecule has 3 rings (SSSR count). The number of rotatable bonds is 3. The molecule has 0 unspecified atom stereocenters. The summed E-state index contributed by atoms with van der Waals surface area (Å²) in [5.74, 6) is 1.95. The van der Waals surface area contributed by atoms with Crippen LogP contribution < -0.4 is 14.8 Å². The largest absolute Gasteiger partial charge is 0.507 e. The molecule has 1 heterocycles. The topological polar surface area (TPSA) is 50.7 Å². The Morgan fingerprint density at radius 1 is 1.00 bits per heavy atom. The number of ether oxygens (including phenoxy) is 2. The van der Waals surface area contributed by atoms with Gasteiger partial charge in [-0.05, 0) is 60.4 Å². The molecule has 4 heteroatoms. The van der Waals surface area contributed by atoms with Crippen molar-refractivity contribution in [2.24, 2.45) is 0 Å². The number of phenols is 1. The van der Waals surface area contributed by atoms with Crippen molar-refractivity contribution in [3.05, 3.63) is 52.1 Å². The molecular formula is C19H21NO3. The number of benzene rings is 2.